The average Bonchev–Trinajstić information content (AvgIpc) is 2.56. The predicted octanol–water partition coefficient (Wildman–Crippen LogP) is 5.52. The molecule has 0 fully saturated rings. The van der Waals surface area contributed by atoms with E-state index in [9.17, 15) is 0 Å². The highest BCUT2D eigenvalue weighted by Crippen LogP contribution is 2.39. The third-order valence-electron chi connectivity index (χ3n) is 4.76. The Balaban J connectivity index is 2.05. The fraction of sp³-hybridized carbons (Fsp3) is 0.619. The average molecular weight is 316 g/mol. The molecule has 128 valence electrons. The van der Waals surface area contributed by atoms with Gasteiger partial charge in [0, 0.05) is 5.41 Å². The molecular formula is C21H32O2. The SMILES string of the molecule is CCCC(CCC)(COCc1ccccc1)[C@H]1C=CC[C@@H](C)O1. The van der Waals surface area contributed by atoms with Crippen molar-refractivity contribution in [1.29, 1.82) is 0 Å². The van der Waals surface area contributed by atoms with Crippen LogP contribution >= 0.6 is 0 Å². The first-order valence-corrected chi connectivity index (χ1v) is 9.14. The van der Waals surface area contributed by atoms with Gasteiger partial charge in [0.05, 0.1) is 25.4 Å². The zero-order chi connectivity index (χ0) is 16.5. The molecule has 0 amide bonds. The second kappa shape index (κ2) is 9.24. The molecular weight excluding hydrogens is 284 g/mol. The highest BCUT2D eigenvalue weighted by atomic mass is 16.5. The fourth-order valence-electron chi connectivity index (χ4n) is 3.67. The van der Waals surface area contributed by atoms with Crippen LogP contribution in [0.4, 0.5) is 0 Å². The smallest absolute Gasteiger partial charge is 0.0837 e. The maximum atomic E-state index is 6.29. The van der Waals surface area contributed by atoms with Crippen LogP contribution in [0.15, 0.2) is 42.5 Å². The summed E-state index contributed by atoms with van der Waals surface area (Å²) in [6.45, 7) is 8.15. The molecule has 0 N–H and O–H groups in total. The van der Waals surface area contributed by atoms with Gasteiger partial charge in [-0.15, -0.1) is 0 Å². The van der Waals surface area contributed by atoms with Crippen molar-refractivity contribution < 1.29 is 9.47 Å². The van der Waals surface area contributed by atoms with E-state index in [4.69, 9.17) is 9.47 Å². The molecule has 0 bridgehead atoms. The van der Waals surface area contributed by atoms with Crippen molar-refractivity contribution in [3.8, 4) is 0 Å². The molecule has 0 saturated heterocycles. The molecule has 1 aliphatic heterocycles. The Labute approximate surface area is 141 Å². The van der Waals surface area contributed by atoms with E-state index >= 15 is 0 Å². The lowest BCUT2D eigenvalue weighted by Gasteiger charge is -2.41. The van der Waals surface area contributed by atoms with E-state index in [1.165, 1.54) is 5.56 Å². The van der Waals surface area contributed by atoms with Crippen LogP contribution in [0.1, 0.15) is 58.4 Å². The number of benzene rings is 1. The monoisotopic (exact) mass is 316 g/mol. The standard InChI is InChI=1S/C21H32O2/c1-4-14-21(15-5-2,20-13-9-10-18(3)23-20)17-22-16-19-11-7-6-8-12-19/h6-9,11-13,18,20H,4-5,10,14-17H2,1-3H3/t18-,20-/m1/s1. The van der Waals surface area contributed by atoms with E-state index in [0.717, 1.165) is 38.7 Å². The van der Waals surface area contributed by atoms with Gasteiger partial charge in [0.15, 0.2) is 0 Å². The molecule has 23 heavy (non-hydrogen) atoms. The van der Waals surface area contributed by atoms with Crippen LogP contribution in [0.25, 0.3) is 0 Å². The molecule has 0 aromatic heterocycles. The second-order valence-electron chi connectivity index (χ2n) is 6.87. The minimum atomic E-state index is 0.101. The Morgan fingerprint density at radius 2 is 1.83 bits per heavy atom. The Kier molecular flexibility index (Phi) is 7.32. The van der Waals surface area contributed by atoms with Gasteiger partial charge < -0.3 is 9.47 Å². The van der Waals surface area contributed by atoms with E-state index < -0.39 is 0 Å². The van der Waals surface area contributed by atoms with Crippen molar-refractivity contribution in [1.82, 2.24) is 0 Å². The van der Waals surface area contributed by atoms with Gasteiger partial charge in [-0.2, -0.15) is 0 Å². The zero-order valence-corrected chi connectivity index (χ0v) is 15.0. The van der Waals surface area contributed by atoms with Gasteiger partial charge in [0.2, 0.25) is 0 Å². The van der Waals surface area contributed by atoms with Crippen molar-refractivity contribution in [3.63, 3.8) is 0 Å². The first-order valence-electron chi connectivity index (χ1n) is 9.14. The van der Waals surface area contributed by atoms with Gasteiger partial charge in [-0.3, -0.25) is 0 Å². The topological polar surface area (TPSA) is 18.5 Å². The van der Waals surface area contributed by atoms with Gasteiger partial charge in [-0.1, -0.05) is 69.2 Å². The number of hydrogen-bond donors (Lipinski definition) is 0. The summed E-state index contributed by atoms with van der Waals surface area (Å²) < 4.78 is 12.5. The molecule has 0 unspecified atom stereocenters. The molecule has 2 atom stereocenters. The summed E-state index contributed by atoms with van der Waals surface area (Å²) in [5.41, 5.74) is 1.34. The van der Waals surface area contributed by atoms with Crippen molar-refractivity contribution in [2.75, 3.05) is 6.61 Å². The van der Waals surface area contributed by atoms with E-state index in [2.05, 4.69) is 57.2 Å². The second-order valence-corrected chi connectivity index (χ2v) is 6.87. The van der Waals surface area contributed by atoms with Gasteiger partial charge in [-0.25, -0.2) is 0 Å². The van der Waals surface area contributed by atoms with Crippen LogP contribution in [-0.4, -0.2) is 18.8 Å². The highest BCUT2D eigenvalue weighted by Gasteiger charge is 2.38. The van der Waals surface area contributed by atoms with Crippen molar-refractivity contribution >= 4 is 0 Å². The van der Waals surface area contributed by atoms with Gasteiger partial charge in [0.25, 0.3) is 0 Å². The predicted molar refractivity (Wildman–Crippen MR) is 96.4 cm³/mol. The largest absolute Gasteiger partial charge is 0.376 e. The third-order valence-corrected chi connectivity index (χ3v) is 4.76. The van der Waals surface area contributed by atoms with Crippen LogP contribution in [0.3, 0.4) is 0 Å². The summed E-state index contributed by atoms with van der Waals surface area (Å²) >= 11 is 0. The van der Waals surface area contributed by atoms with Crippen molar-refractivity contribution in [3.05, 3.63) is 48.0 Å². The van der Waals surface area contributed by atoms with E-state index in [1.807, 2.05) is 6.07 Å². The van der Waals surface area contributed by atoms with Crippen molar-refractivity contribution in [2.24, 2.45) is 5.41 Å². The zero-order valence-electron chi connectivity index (χ0n) is 15.0. The third kappa shape index (κ3) is 5.19. The Hall–Kier alpha value is -1.12. The Morgan fingerprint density at radius 3 is 2.43 bits per heavy atom. The molecule has 2 nitrogen and oxygen atoms in total. The molecule has 1 aliphatic rings. The summed E-state index contributed by atoms with van der Waals surface area (Å²) in [7, 11) is 0. The molecule has 0 aliphatic carbocycles. The van der Waals surface area contributed by atoms with Crippen molar-refractivity contribution in [2.45, 2.75) is 71.7 Å². The number of hydrogen-bond acceptors (Lipinski definition) is 2. The Morgan fingerprint density at radius 1 is 1.13 bits per heavy atom. The summed E-state index contributed by atoms with van der Waals surface area (Å²) in [4.78, 5) is 0. The first kappa shape index (κ1) is 18.2. The highest BCUT2D eigenvalue weighted by molar-refractivity contribution is 5.13. The normalized spacial score (nSPS) is 21.5. The molecule has 1 aromatic rings. The van der Waals surface area contributed by atoms with Gasteiger partial charge in [0.1, 0.15) is 0 Å². The van der Waals surface area contributed by atoms with Crippen LogP contribution in [-0.2, 0) is 16.1 Å². The van der Waals surface area contributed by atoms with Crippen LogP contribution in [0, 0.1) is 5.41 Å². The van der Waals surface area contributed by atoms with Gasteiger partial charge in [-0.05, 0) is 31.7 Å². The molecule has 0 saturated carbocycles. The fourth-order valence-corrected chi connectivity index (χ4v) is 3.67. The van der Waals surface area contributed by atoms with E-state index in [0.29, 0.717) is 12.7 Å². The van der Waals surface area contributed by atoms with Crippen LogP contribution in [0.2, 0.25) is 0 Å². The van der Waals surface area contributed by atoms with Gasteiger partial charge >= 0.3 is 0 Å². The number of ether oxygens (including phenoxy) is 2. The lowest BCUT2D eigenvalue weighted by Crippen LogP contribution is -2.43. The lowest BCUT2D eigenvalue weighted by atomic mass is 9.74. The molecule has 2 heteroatoms. The minimum Gasteiger partial charge on any atom is -0.376 e. The number of rotatable bonds is 9. The quantitative estimate of drug-likeness (QED) is 0.558. The summed E-state index contributed by atoms with van der Waals surface area (Å²) in [5.74, 6) is 0. The van der Waals surface area contributed by atoms with E-state index in [1.54, 1.807) is 0 Å². The summed E-state index contributed by atoms with van der Waals surface area (Å²) in [6.07, 6.45) is 10.7. The summed E-state index contributed by atoms with van der Waals surface area (Å²) in [5, 5.41) is 0. The molecule has 0 spiro atoms. The lowest BCUT2D eigenvalue weighted by molar-refractivity contribution is -0.0998. The maximum absolute atomic E-state index is 6.29. The molecule has 2 rings (SSSR count). The molecule has 1 heterocycles. The Bertz CT molecular complexity index is 460. The van der Waals surface area contributed by atoms with Crippen LogP contribution in [0.5, 0.6) is 0 Å². The van der Waals surface area contributed by atoms with E-state index in [-0.39, 0.29) is 11.5 Å². The first-order chi connectivity index (χ1) is 11.2. The molecule has 0 radical (unpaired) electrons. The summed E-state index contributed by atoms with van der Waals surface area (Å²) in [6, 6.07) is 10.4. The molecule has 1 aromatic carbocycles. The minimum absolute atomic E-state index is 0.101. The van der Waals surface area contributed by atoms with Crippen LogP contribution < -0.4 is 0 Å². The maximum Gasteiger partial charge on any atom is 0.0837 e.